The van der Waals surface area contributed by atoms with Gasteiger partial charge in [0, 0.05) is 19.2 Å². The molecule has 20 heavy (non-hydrogen) atoms. The number of rotatable bonds is 5. The molecule has 0 bridgehead atoms. The molecule has 106 valence electrons. The number of tetrazole rings is 1. The Bertz CT molecular complexity index is 598. The number of aryl methyl sites for hydroxylation is 1. The molecule has 1 amide bonds. The first-order chi connectivity index (χ1) is 9.58. The minimum absolute atomic E-state index is 0.164. The van der Waals surface area contributed by atoms with Crippen molar-refractivity contribution in [3.05, 3.63) is 28.2 Å². The third-order valence-corrected chi connectivity index (χ3v) is 4.01. The summed E-state index contributed by atoms with van der Waals surface area (Å²) in [5, 5.41) is 15.2. The Labute approximate surface area is 129 Å². The van der Waals surface area contributed by atoms with E-state index in [2.05, 4.69) is 20.8 Å². The van der Waals surface area contributed by atoms with Crippen LogP contribution in [0.4, 0.5) is 5.69 Å². The highest BCUT2D eigenvalue weighted by Crippen LogP contribution is 2.29. The van der Waals surface area contributed by atoms with Gasteiger partial charge in [0.05, 0.1) is 15.7 Å². The molecule has 0 atom stereocenters. The molecule has 0 saturated carbocycles. The average molecular weight is 332 g/mol. The molecule has 0 saturated heterocycles. The molecule has 9 heteroatoms. The number of aromatic nitrogens is 4. The molecule has 1 aromatic heterocycles. The van der Waals surface area contributed by atoms with Gasteiger partial charge in [-0.2, -0.15) is 0 Å². The molecule has 0 radical (unpaired) electrons. The van der Waals surface area contributed by atoms with E-state index in [1.165, 1.54) is 11.8 Å². The summed E-state index contributed by atoms with van der Waals surface area (Å²) in [4.78, 5) is 11.8. The van der Waals surface area contributed by atoms with E-state index in [4.69, 9.17) is 23.2 Å². The van der Waals surface area contributed by atoms with Crippen LogP contribution in [0.25, 0.3) is 0 Å². The molecule has 0 unspecified atom stereocenters. The maximum atomic E-state index is 11.8. The highest BCUT2D eigenvalue weighted by Gasteiger charge is 2.10. The Morgan fingerprint density at radius 1 is 1.40 bits per heavy atom. The lowest BCUT2D eigenvalue weighted by Gasteiger charge is -2.08. The zero-order chi connectivity index (χ0) is 14.5. The second-order valence-electron chi connectivity index (χ2n) is 3.83. The maximum Gasteiger partial charge on any atom is 0.225 e. The third kappa shape index (κ3) is 3.84. The highest BCUT2D eigenvalue weighted by atomic mass is 35.5. The standard InChI is InChI=1S/C11H11Cl2N5OS/c1-18-11(15-16-17-18)20-6-5-9(19)14-10-7(12)3-2-4-8(10)13/h2-4H,5-6H2,1H3,(H,14,19). The zero-order valence-corrected chi connectivity index (χ0v) is 12.8. The van der Waals surface area contributed by atoms with Crippen molar-refractivity contribution >= 4 is 46.6 Å². The second-order valence-corrected chi connectivity index (χ2v) is 5.70. The lowest BCUT2D eigenvalue weighted by molar-refractivity contribution is -0.115. The number of hydrogen-bond donors (Lipinski definition) is 1. The molecule has 1 N–H and O–H groups in total. The van der Waals surface area contributed by atoms with Gasteiger partial charge in [-0.15, -0.1) is 5.10 Å². The Morgan fingerprint density at radius 3 is 2.70 bits per heavy atom. The molecule has 1 heterocycles. The van der Waals surface area contributed by atoms with Crippen LogP contribution in [0, 0.1) is 0 Å². The first kappa shape index (κ1) is 15.1. The quantitative estimate of drug-likeness (QED) is 0.852. The number of thioether (sulfide) groups is 1. The predicted octanol–water partition coefficient (Wildman–Crippen LogP) is 2.64. The monoisotopic (exact) mass is 331 g/mol. The van der Waals surface area contributed by atoms with Crippen LogP contribution in [0.3, 0.4) is 0 Å². The van der Waals surface area contributed by atoms with Crippen molar-refractivity contribution in [3.8, 4) is 0 Å². The Hall–Kier alpha value is -1.31. The Morgan fingerprint density at radius 2 is 2.10 bits per heavy atom. The molecule has 0 spiro atoms. The molecular weight excluding hydrogens is 321 g/mol. The van der Waals surface area contributed by atoms with E-state index in [-0.39, 0.29) is 5.91 Å². The number of benzene rings is 1. The summed E-state index contributed by atoms with van der Waals surface area (Å²) < 4.78 is 1.55. The van der Waals surface area contributed by atoms with Gasteiger partial charge in [0.2, 0.25) is 11.1 Å². The van der Waals surface area contributed by atoms with Gasteiger partial charge in [0.25, 0.3) is 0 Å². The number of para-hydroxylation sites is 1. The number of nitrogens with zero attached hydrogens (tertiary/aromatic N) is 4. The summed E-state index contributed by atoms with van der Waals surface area (Å²) in [6.07, 6.45) is 0.305. The van der Waals surface area contributed by atoms with E-state index in [9.17, 15) is 4.79 Å². The molecule has 6 nitrogen and oxygen atoms in total. The minimum atomic E-state index is -0.164. The van der Waals surface area contributed by atoms with Crippen LogP contribution in [0.2, 0.25) is 10.0 Å². The normalized spacial score (nSPS) is 10.6. The van der Waals surface area contributed by atoms with Gasteiger partial charge in [-0.3, -0.25) is 4.79 Å². The third-order valence-electron chi connectivity index (χ3n) is 2.37. The van der Waals surface area contributed by atoms with Crippen LogP contribution in [-0.4, -0.2) is 31.9 Å². The predicted molar refractivity (Wildman–Crippen MR) is 79.2 cm³/mol. The molecule has 2 rings (SSSR count). The lowest BCUT2D eigenvalue weighted by atomic mass is 10.3. The summed E-state index contributed by atoms with van der Waals surface area (Å²) in [5.41, 5.74) is 0.436. The SMILES string of the molecule is Cn1nnnc1SCCC(=O)Nc1c(Cl)cccc1Cl. The van der Waals surface area contributed by atoms with Crippen molar-refractivity contribution in [3.63, 3.8) is 0 Å². The second kappa shape index (κ2) is 6.92. The smallest absolute Gasteiger partial charge is 0.225 e. The fourth-order valence-electron chi connectivity index (χ4n) is 1.40. The number of amides is 1. The van der Waals surface area contributed by atoms with Gasteiger partial charge in [0.15, 0.2) is 0 Å². The Kier molecular flexibility index (Phi) is 5.22. The van der Waals surface area contributed by atoms with E-state index in [0.29, 0.717) is 33.1 Å². The van der Waals surface area contributed by atoms with Crippen LogP contribution in [0.15, 0.2) is 23.4 Å². The number of hydrogen-bond acceptors (Lipinski definition) is 5. The van der Waals surface area contributed by atoms with Crippen molar-refractivity contribution < 1.29 is 4.79 Å². The summed E-state index contributed by atoms with van der Waals surface area (Å²) in [6, 6.07) is 5.06. The van der Waals surface area contributed by atoms with Gasteiger partial charge in [-0.05, 0) is 22.6 Å². The van der Waals surface area contributed by atoms with Crippen LogP contribution in [0.1, 0.15) is 6.42 Å². The fourth-order valence-corrected chi connectivity index (χ4v) is 2.68. The van der Waals surface area contributed by atoms with Crippen LogP contribution in [0.5, 0.6) is 0 Å². The largest absolute Gasteiger partial charge is 0.324 e. The number of anilines is 1. The molecule has 2 aromatic rings. The van der Waals surface area contributed by atoms with Crippen molar-refractivity contribution in [1.82, 2.24) is 20.2 Å². The molecule has 1 aromatic carbocycles. The Balaban J connectivity index is 1.85. The van der Waals surface area contributed by atoms with Crippen LogP contribution >= 0.6 is 35.0 Å². The number of nitrogens with one attached hydrogen (secondary N) is 1. The first-order valence-electron chi connectivity index (χ1n) is 5.67. The van der Waals surface area contributed by atoms with Gasteiger partial charge in [-0.25, -0.2) is 4.68 Å². The van der Waals surface area contributed by atoms with Gasteiger partial charge in [0.1, 0.15) is 0 Å². The number of halogens is 2. The summed E-state index contributed by atoms with van der Waals surface area (Å²) in [5.74, 6) is 0.393. The molecule has 0 aliphatic rings. The zero-order valence-electron chi connectivity index (χ0n) is 10.5. The first-order valence-corrected chi connectivity index (χ1v) is 7.41. The van der Waals surface area contributed by atoms with Crippen molar-refractivity contribution in [2.45, 2.75) is 11.6 Å². The topological polar surface area (TPSA) is 72.7 Å². The molecule has 0 fully saturated rings. The van der Waals surface area contributed by atoms with Crippen molar-refractivity contribution in [2.24, 2.45) is 7.05 Å². The van der Waals surface area contributed by atoms with E-state index < -0.39 is 0 Å². The van der Waals surface area contributed by atoms with Crippen LogP contribution in [-0.2, 0) is 11.8 Å². The maximum absolute atomic E-state index is 11.8. The van der Waals surface area contributed by atoms with Gasteiger partial charge < -0.3 is 5.32 Å². The fraction of sp³-hybridized carbons (Fsp3) is 0.273. The average Bonchev–Trinajstić information content (AvgIpc) is 2.80. The minimum Gasteiger partial charge on any atom is -0.324 e. The van der Waals surface area contributed by atoms with E-state index >= 15 is 0 Å². The van der Waals surface area contributed by atoms with E-state index in [1.54, 1.807) is 29.9 Å². The van der Waals surface area contributed by atoms with Crippen molar-refractivity contribution in [2.75, 3.05) is 11.1 Å². The number of carbonyl (C=O) groups is 1. The van der Waals surface area contributed by atoms with Crippen molar-refractivity contribution in [1.29, 1.82) is 0 Å². The summed E-state index contributed by atoms with van der Waals surface area (Å²) >= 11 is 13.4. The van der Waals surface area contributed by atoms with Gasteiger partial charge >= 0.3 is 0 Å². The van der Waals surface area contributed by atoms with Crippen LogP contribution < -0.4 is 5.32 Å². The van der Waals surface area contributed by atoms with E-state index in [1.807, 2.05) is 0 Å². The summed E-state index contributed by atoms with van der Waals surface area (Å²) in [7, 11) is 1.74. The van der Waals surface area contributed by atoms with Gasteiger partial charge in [-0.1, -0.05) is 41.0 Å². The molecule has 0 aliphatic carbocycles. The molecular formula is C11H11Cl2N5OS. The number of carbonyl (C=O) groups excluding carboxylic acids is 1. The highest BCUT2D eigenvalue weighted by molar-refractivity contribution is 7.99. The molecule has 0 aliphatic heterocycles. The lowest BCUT2D eigenvalue weighted by Crippen LogP contribution is -2.13. The summed E-state index contributed by atoms with van der Waals surface area (Å²) in [6.45, 7) is 0. The van der Waals surface area contributed by atoms with E-state index in [0.717, 1.165) is 0 Å².